The summed E-state index contributed by atoms with van der Waals surface area (Å²) in [6, 6.07) is 0.247. The summed E-state index contributed by atoms with van der Waals surface area (Å²) in [6.07, 6.45) is 8.61. The summed E-state index contributed by atoms with van der Waals surface area (Å²) in [5.41, 5.74) is -0.357. The number of hydrogen-bond donors (Lipinski definition) is 1. The predicted octanol–water partition coefficient (Wildman–Crippen LogP) is 2.20. The van der Waals surface area contributed by atoms with Gasteiger partial charge in [-0.1, -0.05) is 19.3 Å². The molecule has 3 heterocycles. The average Bonchev–Trinajstić information content (AvgIpc) is 3.25. The highest BCUT2D eigenvalue weighted by Crippen LogP contribution is 2.30. The zero-order valence-corrected chi connectivity index (χ0v) is 14.8. The van der Waals surface area contributed by atoms with Gasteiger partial charge in [-0.25, -0.2) is 14.5 Å². The van der Waals surface area contributed by atoms with E-state index in [1.807, 2.05) is 11.6 Å². The van der Waals surface area contributed by atoms with Crippen LogP contribution in [0.15, 0.2) is 6.33 Å². The van der Waals surface area contributed by atoms with E-state index in [-0.39, 0.29) is 17.7 Å². The minimum atomic E-state index is -0.357. The summed E-state index contributed by atoms with van der Waals surface area (Å²) in [5, 5.41) is 7.31. The topological polar surface area (TPSA) is 81.5 Å². The van der Waals surface area contributed by atoms with Crippen LogP contribution in [0.5, 0.6) is 0 Å². The number of ether oxygens (including phenoxy) is 2. The van der Waals surface area contributed by atoms with Gasteiger partial charge in [-0.15, -0.1) is 5.10 Å². The molecule has 0 aromatic carbocycles. The van der Waals surface area contributed by atoms with Crippen molar-refractivity contribution in [2.45, 2.75) is 63.2 Å². The second-order valence-electron chi connectivity index (χ2n) is 7.56. The van der Waals surface area contributed by atoms with Gasteiger partial charge in [-0.3, -0.25) is 5.32 Å². The van der Waals surface area contributed by atoms with Gasteiger partial charge in [-0.2, -0.15) is 0 Å². The third-order valence-corrected chi connectivity index (χ3v) is 5.44. The maximum Gasteiger partial charge on any atom is 0.324 e. The maximum atomic E-state index is 12.7. The molecule has 1 saturated carbocycles. The third-order valence-electron chi connectivity index (χ3n) is 5.44. The van der Waals surface area contributed by atoms with Crippen molar-refractivity contribution >= 4 is 12.0 Å². The van der Waals surface area contributed by atoms with Gasteiger partial charge in [0.05, 0.1) is 25.3 Å². The first-order valence-electron chi connectivity index (χ1n) is 9.36. The first-order chi connectivity index (χ1) is 12.1. The Morgan fingerprint density at radius 2 is 2.20 bits per heavy atom. The van der Waals surface area contributed by atoms with Crippen LogP contribution in [0.25, 0.3) is 0 Å². The molecule has 0 radical (unpaired) electrons. The molecule has 2 saturated heterocycles. The summed E-state index contributed by atoms with van der Waals surface area (Å²) in [6.45, 7) is 4.35. The van der Waals surface area contributed by atoms with Crippen LogP contribution in [0, 0.1) is 0 Å². The van der Waals surface area contributed by atoms with Gasteiger partial charge in [0.25, 0.3) is 0 Å². The lowest BCUT2D eigenvalue weighted by molar-refractivity contribution is -0.136. The minimum absolute atomic E-state index is 0.00560. The number of nitrogens with one attached hydrogen (secondary N) is 1. The molecule has 2 atom stereocenters. The number of urea groups is 1. The summed E-state index contributed by atoms with van der Waals surface area (Å²) in [4.78, 5) is 18.7. The fraction of sp³-hybridized carbons (Fsp3) is 0.824. The van der Waals surface area contributed by atoms with E-state index in [0.29, 0.717) is 38.3 Å². The quantitative estimate of drug-likeness (QED) is 0.885. The number of carbonyl (C=O) groups excluding carboxylic acids is 1. The van der Waals surface area contributed by atoms with Crippen molar-refractivity contribution in [1.29, 1.82) is 0 Å². The monoisotopic (exact) mass is 349 g/mol. The van der Waals surface area contributed by atoms with Crippen LogP contribution < -0.4 is 5.32 Å². The highest BCUT2D eigenvalue weighted by Gasteiger charge is 2.44. The number of morpholine rings is 1. The van der Waals surface area contributed by atoms with E-state index in [1.54, 1.807) is 11.2 Å². The van der Waals surface area contributed by atoms with E-state index in [9.17, 15) is 4.79 Å². The Morgan fingerprint density at radius 1 is 1.36 bits per heavy atom. The Labute approximate surface area is 147 Å². The Balaban J connectivity index is 1.39. The molecule has 2 aliphatic heterocycles. The van der Waals surface area contributed by atoms with Crippen molar-refractivity contribution in [3.05, 3.63) is 6.33 Å². The van der Waals surface area contributed by atoms with Gasteiger partial charge >= 0.3 is 6.03 Å². The molecule has 8 nitrogen and oxygen atoms in total. The Kier molecular flexibility index (Phi) is 4.64. The SMILES string of the molecule is CC1CN(C(=O)Nc2ncn(C3CCCCC3)n2)CC2(CCOC2)O1. The van der Waals surface area contributed by atoms with Gasteiger partial charge in [-0.05, 0) is 19.8 Å². The molecular formula is C17H27N5O3. The number of amides is 2. The molecule has 8 heteroatoms. The van der Waals surface area contributed by atoms with Crippen LogP contribution in [-0.4, -0.2) is 63.7 Å². The summed E-state index contributed by atoms with van der Waals surface area (Å²) < 4.78 is 13.5. The number of aromatic nitrogens is 3. The zero-order chi connectivity index (χ0) is 17.3. The molecule has 3 fully saturated rings. The molecule has 138 valence electrons. The molecule has 2 amide bonds. The lowest BCUT2D eigenvalue weighted by atomic mass is 9.96. The molecule has 0 bridgehead atoms. The van der Waals surface area contributed by atoms with Crippen molar-refractivity contribution in [3.63, 3.8) is 0 Å². The van der Waals surface area contributed by atoms with Crippen LogP contribution >= 0.6 is 0 Å². The standard InChI is InChI=1S/C17H27N5O3/c1-13-9-21(10-17(25-13)7-8-24-11-17)16(23)19-15-18-12-22(20-15)14-5-3-2-4-6-14/h12-14H,2-11H2,1H3,(H,19,20,23). The maximum absolute atomic E-state index is 12.7. The Morgan fingerprint density at radius 3 is 2.96 bits per heavy atom. The van der Waals surface area contributed by atoms with Gasteiger partial charge in [0.15, 0.2) is 0 Å². The zero-order valence-electron chi connectivity index (χ0n) is 14.8. The normalized spacial score (nSPS) is 30.8. The Bertz CT molecular complexity index is 607. The van der Waals surface area contributed by atoms with Crippen molar-refractivity contribution in [3.8, 4) is 0 Å². The van der Waals surface area contributed by atoms with Gasteiger partial charge in [0.1, 0.15) is 11.9 Å². The van der Waals surface area contributed by atoms with Crippen molar-refractivity contribution < 1.29 is 14.3 Å². The van der Waals surface area contributed by atoms with Gasteiger partial charge in [0.2, 0.25) is 5.95 Å². The molecule has 1 aromatic rings. The molecule has 1 spiro atoms. The molecule has 4 rings (SSSR count). The van der Waals surface area contributed by atoms with E-state index in [1.165, 1.54) is 19.3 Å². The molecule has 1 aliphatic carbocycles. The number of nitrogens with zero attached hydrogens (tertiary/aromatic N) is 4. The molecular weight excluding hydrogens is 322 g/mol. The number of rotatable bonds is 2. The molecule has 1 aromatic heterocycles. The van der Waals surface area contributed by atoms with Crippen LogP contribution in [0.2, 0.25) is 0 Å². The highest BCUT2D eigenvalue weighted by molar-refractivity contribution is 5.87. The predicted molar refractivity (Wildman–Crippen MR) is 91.4 cm³/mol. The van der Waals surface area contributed by atoms with Crippen LogP contribution in [-0.2, 0) is 9.47 Å². The minimum Gasteiger partial charge on any atom is -0.378 e. The smallest absolute Gasteiger partial charge is 0.324 e. The summed E-state index contributed by atoms with van der Waals surface area (Å²) >= 11 is 0. The first kappa shape index (κ1) is 16.8. The van der Waals surface area contributed by atoms with Crippen LogP contribution in [0.3, 0.4) is 0 Å². The number of carbonyl (C=O) groups is 1. The molecule has 25 heavy (non-hydrogen) atoms. The first-order valence-corrected chi connectivity index (χ1v) is 9.36. The molecule has 3 aliphatic rings. The summed E-state index contributed by atoms with van der Waals surface area (Å²) in [7, 11) is 0. The third kappa shape index (κ3) is 3.64. The second-order valence-corrected chi connectivity index (χ2v) is 7.56. The van der Waals surface area contributed by atoms with Crippen LogP contribution in [0.4, 0.5) is 10.7 Å². The Hall–Kier alpha value is -1.67. The van der Waals surface area contributed by atoms with E-state index in [2.05, 4.69) is 15.4 Å². The van der Waals surface area contributed by atoms with E-state index < -0.39 is 0 Å². The number of hydrogen-bond acceptors (Lipinski definition) is 5. The molecule has 1 N–H and O–H groups in total. The lowest BCUT2D eigenvalue weighted by Gasteiger charge is -2.42. The van der Waals surface area contributed by atoms with E-state index in [0.717, 1.165) is 19.3 Å². The van der Waals surface area contributed by atoms with E-state index in [4.69, 9.17) is 9.47 Å². The molecule has 2 unspecified atom stereocenters. The lowest BCUT2D eigenvalue weighted by Crippen LogP contribution is -2.57. The fourth-order valence-electron chi connectivity index (χ4n) is 4.21. The van der Waals surface area contributed by atoms with E-state index >= 15 is 0 Å². The average molecular weight is 349 g/mol. The van der Waals surface area contributed by atoms with Gasteiger partial charge < -0.3 is 14.4 Å². The number of anilines is 1. The van der Waals surface area contributed by atoms with Crippen molar-refractivity contribution in [2.24, 2.45) is 0 Å². The largest absolute Gasteiger partial charge is 0.378 e. The van der Waals surface area contributed by atoms with Crippen molar-refractivity contribution in [1.82, 2.24) is 19.7 Å². The fourth-order valence-corrected chi connectivity index (χ4v) is 4.21. The summed E-state index contributed by atoms with van der Waals surface area (Å²) in [5.74, 6) is 0.381. The van der Waals surface area contributed by atoms with Crippen molar-refractivity contribution in [2.75, 3.05) is 31.6 Å². The highest BCUT2D eigenvalue weighted by atomic mass is 16.6. The van der Waals surface area contributed by atoms with Crippen LogP contribution in [0.1, 0.15) is 51.5 Å². The van der Waals surface area contributed by atoms with Gasteiger partial charge in [0, 0.05) is 19.6 Å². The second kappa shape index (κ2) is 6.92.